The minimum Gasteiger partial charge on any atom is -0.334 e. The van der Waals surface area contributed by atoms with E-state index in [1.165, 1.54) is 0 Å². The number of hydrogen-bond donors (Lipinski definition) is 0. The van der Waals surface area contributed by atoms with Gasteiger partial charge in [-0.15, -0.1) is 0 Å². The van der Waals surface area contributed by atoms with Gasteiger partial charge < -0.3 is 4.90 Å². The van der Waals surface area contributed by atoms with E-state index in [4.69, 9.17) is 0 Å². The van der Waals surface area contributed by atoms with E-state index in [1.807, 2.05) is 64.3 Å². The van der Waals surface area contributed by atoms with Crippen LogP contribution in [-0.2, 0) is 0 Å². The van der Waals surface area contributed by atoms with Gasteiger partial charge >= 0.3 is 0 Å². The topological polar surface area (TPSA) is 37.6 Å². The molecule has 1 amide bonds. The lowest BCUT2D eigenvalue weighted by Crippen LogP contribution is -2.42. The molecule has 0 bridgehead atoms. The van der Waals surface area contributed by atoms with Crippen LogP contribution in [0.1, 0.15) is 38.1 Å². The van der Waals surface area contributed by atoms with Gasteiger partial charge in [0, 0.05) is 29.4 Å². The molecule has 0 radical (unpaired) electrons. The smallest absolute Gasteiger partial charge is 0.254 e. The molecule has 0 N–H and O–H groups in total. The normalized spacial score (nSPS) is 11.4. The summed E-state index contributed by atoms with van der Waals surface area (Å²) in [5.74, 6) is 0.0610. The van der Waals surface area contributed by atoms with E-state index < -0.39 is 0 Å². The maximum Gasteiger partial charge on any atom is 0.254 e. The number of carbonyl (C=O) groups excluding carboxylic acids is 1. The minimum absolute atomic E-state index is 0.0610. The Kier molecular flexibility index (Phi) is 4.38. The van der Waals surface area contributed by atoms with Crippen molar-refractivity contribution in [3.63, 3.8) is 0 Å². The van der Waals surface area contributed by atoms with Gasteiger partial charge in [-0.25, -0.2) is 4.52 Å². The molecule has 3 rings (SSSR count). The number of aromatic nitrogens is 2. The summed E-state index contributed by atoms with van der Waals surface area (Å²) in [6.07, 6.45) is 3.74. The van der Waals surface area contributed by atoms with Crippen molar-refractivity contribution >= 4 is 11.4 Å². The molecule has 0 fully saturated rings. The summed E-state index contributed by atoms with van der Waals surface area (Å²) in [7, 11) is 0. The van der Waals surface area contributed by atoms with Gasteiger partial charge in [0.05, 0.1) is 11.7 Å². The number of amides is 1. The zero-order valence-electron chi connectivity index (χ0n) is 14.6. The number of nitrogens with zero attached hydrogens (tertiary/aromatic N) is 3. The lowest BCUT2D eigenvalue weighted by Gasteiger charge is -2.31. The zero-order valence-corrected chi connectivity index (χ0v) is 14.6. The van der Waals surface area contributed by atoms with Crippen molar-refractivity contribution in [2.45, 2.75) is 39.8 Å². The average Bonchev–Trinajstić information content (AvgIpc) is 2.98. The Morgan fingerprint density at radius 1 is 0.958 bits per heavy atom. The molecule has 0 aliphatic carbocycles. The van der Waals surface area contributed by atoms with Crippen LogP contribution in [0.25, 0.3) is 16.6 Å². The Bertz CT molecular complexity index is 856. The predicted molar refractivity (Wildman–Crippen MR) is 97.1 cm³/mol. The van der Waals surface area contributed by atoms with Crippen LogP contribution in [0.15, 0.2) is 54.9 Å². The van der Waals surface area contributed by atoms with Crippen LogP contribution in [0, 0.1) is 0 Å². The van der Waals surface area contributed by atoms with E-state index in [2.05, 4.69) is 32.8 Å². The van der Waals surface area contributed by atoms with Crippen LogP contribution in [-0.4, -0.2) is 32.5 Å². The molecule has 1 aromatic carbocycles. The monoisotopic (exact) mass is 321 g/mol. The van der Waals surface area contributed by atoms with Gasteiger partial charge in [-0.1, -0.05) is 24.3 Å². The molecular formula is C20H23N3O. The first-order valence-electron chi connectivity index (χ1n) is 8.35. The molecular weight excluding hydrogens is 298 g/mol. The van der Waals surface area contributed by atoms with E-state index in [9.17, 15) is 4.79 Å². The zero-order chi connectivity index (χ0) is 17.3. The molecule has 24 heavy (non-hydrogen) atoms. The van der Waals surface area contributed by atoms with Gasteiger partial charge in [0.25, 0.3) is 5.91 Å². The quantitative estimate of drug-likeness (QED) is 0.720. The number of benzene rings is 1. The molecule has 0 aliphatic rings. The van der Waals surface area contributed by atoms with Crippen molar-refractivity contribution in [2.75, 3.05) is 0 Å². The van der Waals surface area contributed by atoms with Crippen molar-refractivity contribution in [3.8, 4) is 11.1 Å². The molecule has 0 atom stereocenters. The highest BCUT2D eigenvalue weighted by molar-refractivity contribution is 6.02. The molecule has 4 heteroatoms. The first-order chi connectivity index (χ1) is 11.5. The van der Waals surface area contributed by atoms with Gasteiger partial charge in [0.15, 0.2) is 0 Å². The largest absolute Gasteiger partial charge is 0.334 e. The van der Waals surface area contributed by atoms with Crippen LogP contribution in [0.3, 0.4) is 0 Å². The number of rotatable bonds is 4. The second-order valence-electron chi connectivity index (χ2n) is 6.53. The molecule has 124 valence electrons. The molecule has 0 unspecified atom stereocenters. The molecule has 2 aromatic heterocycles. The highest BCUT2D eigenvalue weighted by Gasteiger charge is 2.24. The second kappa shape index (κ2) is 6.48. The highest BCUT2D eigenvalue weighted by atomic mass is 16.2. The summed E-state index contributed by atoms with van der Waals surface area (Å²) in [5.41, 5.74) is 3.62. The van der Waals surface area contributed by atoms with Crippen molar-refractivity contribution in [2.24, 2.45) is 0 Å². The van der Waals surface area contributed by atoms with Crippen molar-refractivity contribution in [1.82, 2.24) is 14.5 Å². The summed E-state index contributed by atoms with van der Waals surface area (Å²) in [6.45, 7) is 8.21. The molecule has 0 saturated heterocycles. The Morgan fingerprint density at radius 3 is 2.33 bits per heavy atom. The summed E-state index contributed by atoms with van der Waals surface area (Å²) in [4.78, 5) is 15.1. The van der Waals surface area contributed by atoms with E-state index in [0.717, 1.165) is 22.2 Å². The van der Waals surface area contributed by atoms with Gasteiger partial charge in [-0.2, -0.15) is 5.10 Å². The Balaban J connectivity index is 2.14. The molecule has 2 heterocycles. The van der Waals surface area contributed by atoms with Crippen molar-refractivity contribution in [3.05, 3.63) is 60.4 Å². The number of pyridine rings is 1. The number of hydrogen-bond acceptors (Lipinski definition) is 2. The molecule has 0 spiro atoms. The van der Waals surface area contributed by atoms with E-state index in [0.29, 0.717) is 0 Å². The fraction of sp³-hybridized carbons (Fsp3) is 0.300. The third-order valence-electron chi connectivity index (χ3n) is 4.22. The third kappa shape index (κ3) is 2.80. The third-order valence-corrected chi connectivity index (χ3v) is 4.22. The lowest BCUT2D eigenvalue weighted by molar-refractivity contribution is 0.0644. The molecule has 3 aromatic rings. The van der Waals surface area contributed by atoms with E-state index >= 15 is 0 Å². The lowest BCUT2D eigenvalue weighted by atomic mass is 9.99. The summed E-state index contributed by atoms with van der Waals surface area (Å²) >= 11 is 0. The number of carbonyl (C=O) groups is 1. The summed E-state index contributed by atoms with van der Waals surface area (Å²) in [6, 6.07) is 14.0. The average molecular weight is 321 g/mol. The Morgan fingerprint density at radius 2 is 1.62 bits per heavy atom. The second-order valence-corrected chi connectivity index (χ2v) is 6.53. The first-order valence-corrected chi connectivity index (χ1v) is 8.35. The van der Waals surface area contributed by atoms with Crippen molar-refractivity contribution in [1.29, 1.82) is 0 Å². The van der Waals surface area contributed by atoms with Crippen LogP contribution in [0.4, 0.5) is 0 Å². The number of fused-ring (bicyclic) bond motifs is 1. The van der Waals surface area contributed by atoms with Crippen LogP contribution in [0.5, 0.6) is 0 Å². The Labute approximate surface area is 142 Å². The fourth-order valence-electron chi connectivity index (χ4n) is 3.25. The summed E-state index contributed by atoms with van der Waals surface area (Å²) in [5, 5.41) is 4.40. The maximum absolute atomic E-state index is 13.2. The Hall–Kier alpha value is -2.62. The summed E-state index contributed by atoms with van der Waals surface area (Å²) < 4.78 is 1.83. The van der Waals surface area contributed by atoms with Gasteiger partial charge in [-0.3, -0.25) is 4.79 Å². The van der Waals surface area contributed by atoms with Gasteiger partial charge in [-0.05, 0) is 51.5 Å². The van der Waals surface area contributed by atoms with Crippen LogP contribution >= 0.6 is 0 Å². The van der Waals surface area contributed by atoms with Crippen LogP contribution < -0.4 is 0 Å². The van der Waals surface area contributed by atoms with Gasteiger partial charge in [0.2, 0.25) is 0 Å². The van der Waals surface area contributed by atoms with E-state index in [1.54, 1.807) is 0 Å². The molecule has 4 nitrogen and oxygen atoms in total. The SMILES string of the molecule is CC(C)N(C(=O)c1ccccc1-c1cnn2ccccc12)C(C)C. The van der Waals surface area contributed by atoms with Gasteiger partial charge in [0.1, 0.15) is 0 Å². The minimum atomic E-state index is 0.0610. The molecule has 0 aliphatic heterocycles. The van der Waals surface area contributed by atoms with Crippen molar-refractivity contribution < 1.29 is 4.79 Å². The first kappa shape index (κ1) is 16.2. The predicted octanol–water partition coefficient (Wildman–Crippen LogP) is 4.26. The highest BCUT2D eigenvalue weighted by Crippen LogP contribution is 2.29. The maximum atomic E-state index is 13.2. The van der Waals surface area contributed by atoms with Crippen LogP contribution in [0.2, 0.25) is 0 Å². The molecule has 0 saturated carbocycles. The van der Waals surface area contributed by atoms with E-state index in [-0.39, 0.29) is 18.0 Å². The fourth-order valence-corrected chi connectivity index (χ4v) is 3.25. The standard InChI is InChI=1S/C20H23N3O/c1-14(2)23(15(3)4)20(24)17-10-6-5-9-16(17)18-13-21-22-12-8-7-11-19(18)22/h5-15H,1-4H3.